The molecule has 1 saturated heterocycles. The van der Waals surface area contributed by atoms with Crippen molar-refractivity contribution in [2.24, 2.45) is 0 Å². The van der Waals surface area contributed by atoms with E-state index in [9.17, 15) is 18.8 Å². The summed E-state index contributed by atoms with van der Waals surface area (Å²) < 4.78 is 13.4. The fourth-order valence-corrected chi connectivity index (χ4v) is 4.72. The van der Waals surface area contributed by atoms with Crippen LogP contribution in [0.1, 0.15) is 35.4 Å². The number of carbonyl (C=O) groups excluding carboxylic acids is 3. The Balaban J connectivity index is 1.46. The number of hydrogen-bond acceptors (Lipinski definition) is 5. The molecule has 0 bridgehead atoms. The lowest BCUT2D eigenvalue weighted by Crippen LogP contribution is -2.50. The molecular formula is C24H23FN4O3S. The van der Waals surface area contributed by atoms with Crippen LogP contribution in [-0.4, -0.2) is 29.4 Å². The Morgan fingerprint density at radius 1 is 1.09 bits per heavy atom. The van der Waals surface area contributed by atoms with Gasteiger partial charge in [0.2, 0.25) is 0 Å². The van der Waals surface area contributed by atoms with Gasteiger partial charge in [0.05, 0.1) is 12.6 Å². The first-order valence-corrected chi connectivity index (χ1v) is 11.4. The van der Waals surface area contributed by atoms with Gasteiger partial charge in [0.1, 0.15) is 11.4 Å². The molecule has 2 heterocycles. The molecule has 1 aliphatic rings. The van der Waals surface area contributed by atoms with Gasteiger partial charge >= 0.3 is 6.03 Å². The van der Waals surface area contributed by atoms with E-state index in [1.54, 1.807) is 43.3 Å². The van der Waals surface area contributed by atoms with Gasteiger partial charge in [-0.1, -0.05) is 55.5 Å². The van der Waals surface area contributed by atoms with Crippen LogP contribution in [-0.2, 0) is 15.1 Å². The molecular weight excluding hydrogens is 443 g/mol. The maximum atomic E-state index is 13.4. The number of nitrogens with one attached hydrogen (secondary N) is 3. The lowest BCUT2D eigenvalue weighted by atomic mass is 9.87. The highest BCUT2D eigenvalue weighted by Crippen LogP contribution is 2.31. The van der Waals surface area contributed by atoms with Crippen LogP contribution >= 0.6 is 11.3 Å². The van der Waals surface area contributed by atoms with Crippen LogP contribution in [0.4, 0.5) is 9.18 Å². The van der Waals surface area contributed by atoms with Gasteiger partial charge in [0.15, 0.2) is 0 Å². The first-order valence-electron chi connectivity index (χ1n) is 10.5. The second-order valence-corrected chi connectivity index (χ2v) is 8.59. The van der Waals surface area contributed by atoms with E-state index in [2.05, 4.69) is 16.1 Å². The fraction of sp³-hybridized carbons (Fsp3) is 0.208. The summed E-state index contributed by atoms with van der Waals surface area (Å²) >= 11 is 1.50. The second-order valence-electron chi connectivity index (χ2n) is 7.61. The maximum absolute atomic E-state index is 13.4. The number of amides is 4. The van der Waals surface area contributed by atoms with E-state index in [1.807, 2.05) is 23.6 Å². The van der Waals surface area contributed by atoms with Crippen LogP contribution in [0, 0.1) is 5.82 Å². The van der Waals surface area contributed by atoms with E-state index in [-0.39, 0.29) is 18.4 Å². The van der Waals surface area contributed by atoms with Gasteiger partial charge in [-0.05, 0) is 41.1 Å². The van der Waals surface area contributed by atoms with Crippen molar-refractivity contribution in [3.63, 3.8) is 0 Å². The predicted octanol–water partition coefficient (Wildman–Crippen LogP) is 3.45. The number of thiophene rings is 1. The average Bonchev–Trinajstić information content (AvgIpc) is 3.44. The van der Waals surface area contributed by atoms with Crippen LogP contribution < -0.4 is 16.1 Å². The minimum Gasteiger partial charge on any atom is -0.318 e. The summed E-state index contributed by atoms with van der Waals surface area (Å²) in [6.45, 7) is 1.63. The number of hydrogen-bond donors (Lipinski definition) is 3. The molecule has 4 rings (SSSR count). The molecule has 170 valence electrons. The Morgan fingerprint density at radius 2 is 1.82 bits per heavy atom. The molecule has 0 radical (unpaired) electrons. The zero-order chi connectivity index (χ0) is 23.4. The van der Waals surface area contributed by atoms with Crippen LogP contribution in [0.25, 0.3) is 0 Å². The SMILES string of the molecule is CC[C@]1(c2ccccc2)NC(=O)N(NC(=O)CN[C@H](c2ccc(F)cc2)c2cccs2)C1=O. The van der Waals surface area contributed by atoms with E-state index in [4.69, 9.17) is 0 Å². The number of imide groups is 1. The van der Waals surface area contributed by atoms with Gasteiger partial charge in [0.25, 0.3) is 11.8 Å². The Hall–Kier alpha value is -3.56. The molecule has 0 spiro atoms. The van der Waals surface area contributed by atoms with Crippen molar-refractivity contribution in [3.8, 4) is 0 Å². The molecule has 1 fully saturated rings. The van der Waals surface area contributed by atoms with Gasteiger partial charge in [0, 0.05) is 4.88 Å². The lowest BCUT2D eigenvalue weighted by Gasteiger charge is -2.25. The lowest BCUT2D eigenvalue weighted by molar-refractivity contribution is -0.139. The molecule has 4 amide bonds. The number of benzene rings is 2. The molecule has 3 aromatic rings. The molecule has 2 aromatic carbocycles. The first kappa shape index (κ1) is 22.6. The van der Waals surface area contributed by atoms with Gasteiger partial charge in [-0.25, -0.2) is 9.18 Å². The molecule has 1 aliphatic heterocycles. The second kappa shape index (κ2) is 9.51. The third-order valence-corrected chi connectivity index (χ3v) is 6.56. The van der Waals surface area contributed by atoms with Crippen molar-refractivity contribution in [3.05, 3.63) is 93.9 Å². The van der Waals surface area contributed by atoms with Crippen molar-refractivity contribution >= 4 is 29.2 Å². The third kappa shape index (κ3) is 4.50. The Bertz CT molecular complexity index is 1140. The van der Waals surface area contributed by atoms with E-state index in [0.717, 1.165) is 15.4 Å². The van der Waals surface area contributed by atoms with Crippen LogP contribution in [0.15, 0.2) is 72.1 Å². The minimum absolute atomic E-state index is 0.165. The van der Waals surface area contributed by atoms with E-state index in [0.29, 0.717) is 12.0 Å². The smallest absolute Gasteiger partial charge is 0.318 e. The molecule has 2 atom stereocenters. The standard InChI is InChI=1S/C24H23FN4O3S/c1-2-24(17-7-4-3-5-8-17)22(31)29(23(32)27-24)28-20(30)15-26-21(19-9-6-14-33-19)16-10-12-18(25)13-11-16/h3-14,21,26H,2,15H2,1H3,(H,27,32)(H,28,30)/t21-,24-/m1/s1. The van der Waals surface area contributed by atoms with Gasteiger partial charge < -0.3 is 5.32 Å². The summed E-state index contributed by atoms with van der Waals surface area (Å²) in [7, 11) is 0. The average molecular weight is 467 g/mol. The number of rotatable bonds is 8. The number of urea groups is 1. The molecule has 3 N–H and O–H groups in total. The molecule has 33 heavy (non-hydrogen) atoms. The van der Waals surface area contributed by atoms with Crippen molar-refractivity contribution in [2.75, 3.05) is 6.54 Å². The summed E-state index contributed by atoms with van der Waals surface area (Å²) in [6, 6.07) is 17.7. The number of halogens is 1. The number of carbonyl (C=O) groups is 3. The minimum atomic E-state index is -1.23. The zero-order valence-corrected chi connectivity index (χ0v) is 18.7. The summed E-state index contributed by atoms with van der Waals surface area (Å²) in [5, 5.41) is 8.51. The van der Waals surface area contributed by atoms with Crippen LogP contribution in [0.3, 0.4) is 0 Å². The van der Waals surface area contributed by atoms with Crippen LogP contribution in [0.5, 0.6) is 0 Å². The highest BCUT2D eigenvalue weighted by Gasteiger charge is 2.52. The molecule has 0 saturated carbocycles. The summed E-state index contributed by atoms with van der Waals surface area (Å²) in [4.78, 5) is 39.4. The van der Waals surface area contributed by atoms with E-state index < -0.39 is 23.4 Å². The first-order chi connectivity index (χ1) is 15.9. The fourth-order valence-electron chi connectivity index (χ4n) is 3.89. The van der Waals surface area contributed by atoms with Crippen molar-refractivity contribution in [1.29, 1.82) is 0 Å². The molecule has 7 nitrogen and oxygen atoms in total. The topological polar surface area (TPSA) is 90.5 Å². The summed E-state index contributed by atoms with van der Waals surface area (Å²) in [6.07, 6.45) is 0.331. The largest absolute Gasteiger partial charge is 0.344 e. The van der Waals surface area contributed by atoms with Gasteiger partial charge in [-0.3, -0.25) is 20.3 Å². The normalized spacial score (nSPS) is 18.8. The third-order valence-electron chi connectivity index (χ3n) is 5.62. The zero-order valence-electron chi connectivity index (χ0n) is 17.9. The van der Waals surface area contributed by atoms with Crippen molar-refractivity contribution in [2.45, 2.75) is 24.9 Å². The van der Waals surface area contributed by atoms with Gasteiger partial charge in [-0.15, -0.1) is 11.3 Å². The predicted molar refractivity (Wildman–Crippen MR) is 122 cm³/mol. The maximum Gasteiger partial charge on any atom is 0.344 e. The summed E-state index contributed by atoms with van der Waals surface area (Å²) in [5.74, 6) is -1.44. The Labute approximate surface area is 194 Å². The quantitative estimate of drug-likeness (QED) is 0.444. The number of nitrogens with zero attached hydrogens (tertiary/aromatic N) is 1. The molecule has 9 heteroatoms. The van der Waals surface area contributed by atoms with Crippen molar-refractivity contribution in [1.82, 2.24) is 21.1 Å². The summed E-state index contributed by atoms with van der Waals surface area (Å²) in [5.41, 5.74) is 2.62. The van der Waals surface area contributed by atoms with Crippen LogP contribution in [0.2, 0.25) is 0 Å². The van der Waals surface area contributed by atoms with Gasteiger partial charge in [-0.2, -0.15) is 5.01 Å². The molecule has 0 aliphatic carbocycles. The Morgan fingerprint density at radius 3 is 2.45 bits per heavy atom. The molecule has 1 aromatic heterocycles. The highest BCUT2D eigenvalue weighted by molar-refractivity contribution is 7.10. The van der Waals surface area contributed by atoms with E-state index >= 15 is 0 Å². The van der Waals surface area contributed by atoms with E-state index in [1.165, 1.54) is 23.5 Å². The monoisotopic (exact) mass is 466 g/mol. The number of hydrazine groups is 1. The molecule has 0 unspecified atom stereocenters. The van der Waals surface area contributed by atoms with Crippen molar-refractivity contribution < 1.29 is 18.8 Å². The highest BCUT2D eigenvalue weighted by atomic mass is 32.1. The Kier molecular flexibility index (Phi) is 6.52.